The first-order chi connectivity index (χ1) is 10.5. The van der Waals surface area contributed by atoms with Gasteiger partial charge >= 0.3 is 5.97 Å². The predicted molar refractivity (Wildman–Crippen MR) is 89.9 cm³/mol. The molecule has 0 spiro atoms. The normalized spacial score (nSPS) is 9.73. The number of carbonyl (C=O) groups excluding carboxylic acids is 1. The average Bonchev–Trinajstić information content (AvgIpc) is 2.47. The fraction of sp³-hybridized carbons (Fsp3) is 0.556. The highest BCUT2D eigenvalue weighted by molar-refractivity contribution is 5.94. The molecule has 4 heteroatoms. The Kier molecular flexibility index (Phi) is 11.8. The van der Waals surface area contributed by atoms with Gasteiger partial charge in [0.05, 0.1) is 0 Å². The number of hydrogen-bond acceptors (Lipinski definition) is 2. The number of rotatable bonds is 9. The minimum atomic E-state index is -0.663. The number of aliphatic carboxylic acids is 1. The highest BCUT2D eigenvalue weighted by Crippen LogP contribution is 2.08. The van der Waals surface area contributed by atoms with Crippen LogP contribution in [-0.4, -0.2) is 17.0 Å². The van der Waals surface area contributed by atoms with E-state index in [0.29, 0.717) is 12.0 Å². The number of carbonyl (C=O) groups is 2. The maximum atomic E-state index is 10.6. The van der Waals surface area contributed by atoms with Crippen molar-refractivity contribution in [2.45, 2.75) is 65.2 Å². The van der Waals surface area contributed by atoms with Gasteiger partial charge in [0.1, 0.15) is 0 Å². The van der Waals surface area contributed by atoms with Crippen molar-refractivity contribution in [3.8, 4) is 0 Å². The average molecular weight is 307 g/mol. The van der Waals surface area contributed by atoms with Crippen LogP contribution in [0.2, 0.25) is 0 Å². The van der Waals surface area contributed by atoms with Gasteiger partial charge in [0, 0.05) is 12.0 Å². The summed E-state index contributed by atoms with van der Waals surface area (Å²) in [6.07, 6.45) is 8.64. The second-order valence-corrected chi connectivity index (χ2v) is 5.44. The number of amides is 1. The molecule has 0 saturated carbocycles. The molecule has 0 aliphatic rings. The van der Waals surface area contributed by atoms with Crippen molar-refractivity contribution in [1.82, 2.24) is 0 Å². The number of carboxylic acid groups (broad SMARTS) is 1. The highest BCUT2D eigenvalue weighted by atomic mass is 16.4. The van der Waals surface area contributed by atoms with Crippen LogP contribution in [0.3, 0.4) is 0 Å². The third-order valence-corrected chi connectivity index (χ3v) is 3.40. The first-order valence-electron chi connectivity index (χ1n) is 8.06. The van der Waals surface area contributed by atoms with Gasteiger partial charge < -0.3 is 10.8 Å². The largest absolute Gasteiger partial charge is 0.481 e. The van der Waals surface area contributed by atoms with Crippen LogP contribution in [-0.2, 0) is 4.79 Å². The molecule has 0 aliphatic carbocycles. The van der Waals surface area contributed by atoms with Gasteiger partial charge in [-0.25, -0.2) is 0 Å². The molecule has 3 N–H and O–H groups in total. The van der Waals surface area contributed by atoms with Crippen LogP contribution in [0.1, 0.15) is 74.2 Å². The molecule has 0 bridgehead atoms. The molecule has 0 fully saturated rings. The lowest BCUT2D eigenvalue weighted by Gasteiger charge is -1.98. The molecule has 0 heterocycles. The minimum absolute atomic E-state index is 0.341. The van der Waals surface area contributed by atoms with Crippen molar-refractivity contribution in [3.05, 3.63) is 35.4 Å². The van der Waals surface area contributed by atoms with E-state index < -0.39 is 5.97 Å². The molecule has 22 heavy (non-hydrogen) atoms. The van der Waals surface area contributed by atoms with Gasteiger partial charge in [0.25, 0.3) is 0 Å². The van der Waals surface area contributed by atoms with E-state index in [4.69, 9.17) is 10.8 Å². The van der Waals surface area contributed by atoms with Gasteiger partial charge in [-0.3, -0.25) is 9.59 Å². The molecule has 0 radical (unpaired) electrons. The molecule has 4 nitrogen and oxygen atoms in total. The third kappa shape index (κ3) is 10.9. The predicted octanol–water partition coefficient (Wildman–Crippen LogP) is 4.31. The number of benzene rings is 1. The minimum Gasteiger partial charge on any atom is -0.481 e. The second kappa shape index (κ2) is 12.9. The summed E-state index contributed by atoms with van der Waals surface area (Å²) in [7, 11) is 0. The SMILES string of the molecule is CCCCCCCCCC(=O)O.Cc1ccccc1C(N)=O. The van der Waals surface area contributed by atoms with E-state index in [-0.39, 0.29) is 5.91 Å². The van der Waals surface area contributed by atoms with Gasteiger partial charge in [0.15, 0.2) is 0 Å². The second-order valence-electron chi connectivity index (χ2n) is 5.44. The van der Waals surface area contributed by atoms with Crippen molar-refractivity contribution in [1.29, 1.82) is 0 Å². The molecule has 1 rings (SSSR count). The molecular formula is C18H29NO3. The van der Waals surface area contributed by atoms with Crippen molar-refractivity contribution in [2.24, 2.45) is 5.73 Å². The van der Waals surface area contributed by atoms with E-state index in [1.807, 2.05) is 19.1 Å². The van der Waals surface area contributed by atoms with Crippen molar-refractivity contribution in [3.63, 3.8) is 0 Å². The lowest BCUT2D eigenvalue weighted by atomic mass is 10.1. The van der Waals surface area contributed by atoms with E-state index in [2.05, 4.69) is 6.92 Å². The molecular weight excluding hydrogens is 278 g/mol. The molecule has 0 atom stereocenters. The molecule has 1 aromatic carbocycles. The zero-order chi connectivity index (χ0) is 16.8. The highest BCUT2D eigenvalue weighted by Gasteiger charge is 2.00. The summed E-state index contributed by atoms with van der Waals surface area (Å²) < 4.78 is 0. The monoisotopic (exact) mass is 307 g/mol. The van der Waals surface area contributed by atoms with E-state index in [9.17, 15) is 9.59 Å². The summed E-state index contributed by atoms with van der Waals surface area (Å²) in [5.41, 5.74) is 6.60. The third-order valence-electron chi connectivity index (χ3n) is 3.40. The lowest BCUT2D eigenvalue weighted by molar-refractivity contribution is -0.137. The quantitative estimate of drug-likeness (QED) is 0.667. The van der Waals surface area contributed by atoms with E-state index in [1.165, 1.54) is 32.1 Å². The Morgan fingerprint density at radius 1 is 1.00 bits per heavy atom. The van der Waals surface area contributed by atoms with Gasteiger partial charge in [0.2, 0.25) is 5.91 Å². The van der Waals surface area contributed by atoms with Gasteiger partial charge in [-0.2, -0.15) is 0 Å². The number of nitrogens with two attached hydrogens (primary N) is 1. The van der Waals surface area contributed by atoms with Crippen LogP contribution in [0.15, 0.2) is 24.3 Å². The summed E-state index contributed by atoms with van der Waals surface area (Å²) in [6.45, 7) is 4.06. The maximum Gasteiger partial charge on any atom is 0.303 e. The molecule has 0 saturated heterocycles. The number of primary amides is 1. The van der Waals surface area contributed by atoms with E-state index >= 15 is 0 Å². The Hall–Kier alpha value is -1.84. The Bertz CT molecular complexity index is 444. The van der Waals surface area contributed by atoms with Crippen LogP contribution in [0, 0.1) is 6.92 Å². The number of carboxylic acids is 1. The first-order valence-corrected chi connectivity index (χ1v) is 8.06. The van der Waals surface area contributed by atoms with Gasteiger partial charge in [-0.1, -0.05) is 63.6 Å². The fourth-order valence-electron chi connectivity index (χ4n) is 2.08. The Labute approximate surface area is 133 Å². The Balaban J connectivity index is 0.000000406. The summed E-state index contributed by atoms with van der Waals surface area (Å²) in [4.78, 5) is 20.8. The molecule has 1 aromatic rings. The summed E-state index contributed by atoms with van der Waals surface area (Å²) in [6, 6.07) is 7.26. The van der Waals surface area contributed by atoms with Crippen LogP contribution >= 0.6 is 0 Å². The number of aryl methyl sites for hydroxylation is 1. The number of hydrogen-bond donors (Lipinski definition) is 2. The van der Waals surface area contributed by atoms with Crippen LogP contribution in [0.5, 0.6) is 0 Å². The molecule has 0 aromatic heterocycles. The van der Waals surface area contributed by atoms with Gasteiger partial charge in [-0.15, -0.1) is 0 Å². The van der Waals surface area contributed by atoms with Crippen LogP contribution in [0.4, 0.5) is 0 Å². The Morgan fingerprint density at radius 3 is 2.00 bits per heavy atom. The molecule has 124 valence electrons. The van der Waals surface area contributed by atoms with Crippen LogP contribution < -0.4 is 5.73 Å². The molecule has 0 unspecified atom stereocenters. The zero-order valence-electron chi connectivity index (χ0n) is 13.8. The summed E-state index contributed by atoms with van der Waals surface area (Å²) >= 11 is 0. The smallest absolute Gasteiger partial charge is 0.303 e. The van der Waals surface area contributed by atoms with E-state index in [0.717, 1.165) is 18.4 Å². The van der Waals surface area contributed by atoms with E-state index in [1.54, 1.807) is 12.1 Å². The zero-order valence-corrected chi connectivity index (χ0v) is 13.8. The standard InChI is InChI=1S/C10H20O2.C8H9NO/c1-2-3-4-5-6-7-8-9-10(11)12;1-6-4-2-3-5-7(6)8(9)10/h2-9H2,1H3,(H,11,12);2-5H,1H3,(H2,9,10). The van der Waals surface area contributed by atoms with Gasteiger partial charge in [-0.05, 0) is 25.0 Å². The molecule has 0 aliphatic heterocycles. The Morgan fingerprint density at radius 2 is 1.55 bits per heavy atom. The topological polar surface area (TPSA) is 80.4 Å². The molecule has 1 amide bonds. The fourth-order valence-corrected chi connectivity index (χ4v) is 2.08. The first kappa shape index (κ1) is 20.2. The lowest BCUT2D eigenvalue weighted by Crippen LogP contribution is -2.12. The van der Waals surface area contributed by atoms with Crippen molar-refractivity contribution >= 4 is 11.9 Å². The number of unbranched alkanes of at least 4 members (excludes halogenated alkanes) is 6. The maximum absolute atomic E-state index is 10.6. The summed E-state index contributed by atoms with van der Waals surface area (Å²) in [5, 5.41) is 8.35. The van der Waals surface area contributed by atoms with Crippen molar-refractivity contribution < 1.29 is 14.7 Å². The van der Waals surface area contributed by atoms with Crippen LogP contribution in [0.25, 0.3) is 0 Å². The van der Waals surface area contributed by atoms with Crippen molar-refractivity contribution in [2.75, 3.05) is 0 Å². The summed E-state index contributed by atoms with van der Waals surface area (Å²) in [5.74, 6) is -1.03.